The summed E-state index contributed by atoms with van der Waals surface area (Å²) in [5, 5.41) is 13.2. The zero-order chi connectivity index (χ0) is 13.1. The fourth-order valence-corrected chi connectivity index (χ4v) is 1.74. The Kier molecular flexibility index (Phi) is 4.18. The summed E-state index contributed by atoms with van der Waals surface area (Å²) in [6.07, 6.45) is 0. The molecule has 0 saturated heterocycles. The van der Waals surface area contributed by atoms with Gasteiger partial charge < -0.3 is 21.5 Å². The van der Waals surface area contributed by atoms with Gasteiger partial charge in [0.2, 0.25) is 0 Å². The van der Waals surface area contributed by atoms with Crippen LogP contribution < -0.4 is 16.4 Å². The molecule has 1 aromatic heterocycles. The van der Waals surface area contributed by atoms with Crippen molar-refractivity contribution in [3.8, 4) is 0 Å². The molecule has 96 valence electrons. The molecule has 0 fully saturated rings. The van der Waals surface area contributed by atoms with E-state index in [4.69, 9.17) is 10.8 Å². The van der Waals surface area contributed by atoms with Gasteiger partial charge in [-0.05, 0) is 11.5 Å². The summed E-state index contributed by atoms with van der Waals surface area (Å²) in [6.45, 7) is -2.07. The van der Waals surface area contributed by atoms with E-state index in [9.17, 15) is 13.6 Å². The predicted octanol–water partition coefficient (Wildman–Crippen LogP) is 0.124. The maximum atomic E-state index is 12.8. The SMILES string of the molecule is CNC(=O)c1c(N)nsc1NCC(F)(F)CO. The Hall–Kier alpha value is -1.48. The Balaban J connectivity index is 2.82. The highest BCUT2D eigenvalue weighted by atomic mass is 32.1. The normalized spacial score (nSPS) is 11.3. The van der Waals surface area contributed by atoms with Crippen LogP contribution in [-0.2, 0) is 0 Å². The number of carbonyl (C=O) groups excluding carboxylic acids is 1. The smallest absolute Gasteiger partial charge is 0.287 e. The van der Waals surface area contributed by atoms with Gasteiger partial charge in [-0.3, -0.25) is 4.79 Å². The Labute approximate surface area is 100.0 Å². The van der Waals surface area contributed by atoms with E-state index in [2.05, 4.69) is 15.0 Å². The standard InChI is InChI=1S/C8H12F2N4O2S/c1-12-6(16)4-5(11)14-17-7(4)13-2-8(9,10)3-15/h13,15H,2-3H2,1H3,(H2,11,14)(H,12,16). The Morgan fingerprint density at radius 1 is 1.65 bits per heavy atom. The van der Waals surface area contributed by atoms with Crippen LogP contribution in [-0.4, -0.2) is 41.5 Å². The Morgan fingerprint density at radius 2 is 2.29 bits per heavy atom. The number of hydrogen-bond acceptors (Lipinski definition) is 6. The third kappa shape index (κ3) is 3.24. The molecule has 0 unspecified atom stereocenters. The number of rotatable bonds is 5. The first-order chi connectivity index (χ1) is 7.91. The highest BCUT2D eigenvalue weighted by Gasteiger charge is 2.29. The average Bonchev–Trinajstić information content (AvgIpc) is 2.67. The molecule has 1 aromatic rings. The maximum Gasteiger partial charge on any atom is 0.287 e. The van der Waals surface area contributed by atoms with Gasteiger partial charge in [0.05, 0.1) is 6.54 Å². The van der Waals surface area contributed by atoms with Crippen LogP contribution in [0.15, 0.2) is 0 Å². The Bertz CT molecular complexity index is 410. The molecule has 6 nitrogen and oxygen atoms in total. The molecular weight excluding hydrogens is 254 g/mol. The third-order valence-electron chi connectivity index (χ3n) is 1.91. The van der Waals surface area contributed by atoms with Gasteiger partial charge in [0.25, 0.3) is 11.8 Å². The molecule has 0 atom stereocenters. The van der Waals surface area contributed by atoms with Crippen molar-refractivity contribution in [3.63, 3.8) is 0 Å². The highest BCUT2D eigenvalue weighted by Crippen LogP contribution is 2.27. The molecule has 0 aromatic carbocycles. The number of nitrogens with zero attached hydrogens (tertiary/aromatic N) is 1. The van der Waals surface area contributed by atoms with E-state index in [0.29, 0.717) is 0 Å². The van der Waals surface area contributed by atoms with Gasteiger partial charge in [0.1, 0.15) is 17.2 Å². The second kappa shape index (κ2) is 5.23. The summed E-state index contributed by atoms with van der Waals surface area (Å²) in [4.78, 5) is 11.4. The summed E-state index contributed by atoms with van der Waals surface area (Å²) in [7, 11) is 1.39. The van der Waals surface area contributed by atoms with Crippen LogP contribution in [0, 0.1) is 0 Å². The van der Waals surface area contributed by atoms with Crippen molar-refractivity contribution in [1.82, 2.24) is 9.69 Å². The molecule has 1 heterocycles. The lowest BCUT2D eigenvalue weighted by molar-refractivity contribution is -0.0372. The minimum absolute atomic E-state index is 0.0239. The summed E-state index contributed by atoms with van der Waals surface area (Å²) >= 11 is 0.809. The van der Waals surface area contributed by atoms with E-state index >= 15 is 0 Å². The van der Waals surface area contributed by atoms with Crippen molar-refractivity contribution in [2.75, 3.05) is 31.2 Å². The molecule has 0 aliphatic carbocycles. The van der Waals surface area contributed by atoms with Gasteiger partial charge >= 0.3 is 0 Å². The van der Waals surface area contributed by atoms with Crippen molar-refractivity contribution >= 4 is 28.3 Å². The molecule has 0 bridgehead atoms. The van der Waals surface area contributed by atoms with Crippen LogP contribution in [0.5, 0.6) is 0 Å². The first-order valence-electron chi connectivity index (χ1n) is 4.61. The Morgan fingerprint density at radius 3 is 2.82 bits per heavy atom. The number of hydrogen-bond donors (Lipinski definition) is 4. The molecule has 0 aliphatic rings. The fraction of sp³-hybridized carbons (Fsp3) is 0.500. The van der Waals surface area contributed by atoms with Gasteiger partial charge in [-0.1, -0.05) is 0 Å². The van der Waals surface area contributed by atoms with Gasteiger partial charge in [-0.25, -0.2) is 8.78 Å². The van der Waals surface area contributed by atoms with Crippen LogP contribution in [0.4, 0.5) is 19.6 Å². The quantitative estimate of drug-likeness (QED) is 0.606. The molecule has 1 rings (SSSR count). The third-order valence-corrected chi connectivity index (χ3v) is 2.73. The lowest BCUT2D eigenvalue weighted by Crippen LogP contribution is -2.31. The molecule has 0 aliphatic heterocycles. The number of alkyl halides is 2. The lowest BCUT2D eigenvalue weighted by Gasteiger charge is -2.14. The number of halogens is 2. The monoisotopic (exact) mass is 266 g/mol. The van der Waals surface area contributed by atoms with E-state index in [1.807, 2.05) is 0 Å². The number of carbonyl (C=O) groups is 1. The summed E-state index contributed by atoms with van der Waals surface area (Å²) < 4.78 is 29.3. The predicted molar refractivity (Wildman–Crippen MR) is 60.4 cm³/mol. The van der Waals surface area contributed by atoms with E-state index in [0.717, 1.165) is 11.5 Å². The van der Waals surface area contributed by atoms with Gasteiger partial charge in [-0.2, -0.15) is 4.37 Å². The number of anilines is 2. The molecule has 1 amide bonds. The van der Waals surface area contributed by atoms with Crippen LogP contribution in [0.2, 0.25) is 0 Å². The van der Waals surface area contributed by atoms with Crippen LogP contribution in [0.25, 0.3) is 0 Å². The summed E-state index contributed by atoms with van der Waals surface area (Å²) in [5.74, 6) is -3.80. The lowest BCUT2D eigenvalue weighted by atomic mass is 10.3. The van der Waals surface area contributed by atoms with Crippen molar-refractivity contribution < 1.29 is 18.7 Å². The van der Waals surface area contributed by atoms with Crippen molar-refractivity contribution in [1.29, 1.82) is 0 Å². The molecular formula is C8H12F2N4O2S. The van der Waals surface area contributed by atoms with Crippen LogP contribution in [0.3, 0.4) is 0 Å². The number of nitrogens with one attached hydrogen (secondary N) is 2. The zero-order valence-corrected chi connectivity index (χ0v) is 9.77. The largest absolute Gasteiger partial charge is 0.390 e. The number of aliphatic hydroxyl groups is 1. The number of nitrogen functional groups attached to an aromatic ring is 1. The second-order valence-corrected chi connectivity index (χ2v) is 3.99. The van der Waals surface area contributed by atoms with Crippen molar-refractivity contribution in [3.05, 3.63) is 5.56 Å². The van der Waals surface area contributed by atoms with E-state index in [-0.39, 0.29) is 16.4 Å². The van der Waals surface area contributed by atoms with Crippen molar-refractivity contribution in [2.24, 2.45) is 0 Å². The summed E-state index contributed by atoms with van der Waals surface area (Å²) in [5.41, 5.74) is 5.48. The van der Waals surface area contributed by atoms with E-state index < -0.39 is 25.0 Å². The van der Waals surface area contributed by atoms with Gasteiger partial charge in [0.15, 0.2) is 5.82 Å². The highest BCUT2D eigenvalue weighted by molar-refractivity contribution is 7.11. The summed E-state index contributed by atoms with van der Waals surface area (Å²) in [6, 6.07) is 0. The topological polar surface area (TPSA) is 100 Å². The van der Waals surface area contributed by atoms with Gasteiger partial charge in [0, 0.05) is 7.05 Å². The molecule has 0 spiro atoms. The number of aliphatic hydroxyl groups excluding tert-OH is 1. The molecule has 9 heteroatoms. The molecule has 0 radical (unpaired) electrons. The molecule has 17 heavy (non-hydrogen) atoms. The molecule has 5 N–H and O–H groups in total. The first kappa shape index (κ1) is 13.6. The van der Waals surface area contributed by atoms with Crippen LogP contribution in [0.1, 0.15) is 10.4 Å². The van der Waals surface area contributed by atoms with Crippen LogP contribution >= 0.6 is 11.5 Å². The van der Waals surface area contributed by atoms with E-state index in [1.165, 1.54) is 7.05 Å². The minimum Gasteiger partial charge on any atom is -0.390 e. The average molecular weight is 266 g/mol. The number of aromatic nitrogens is 1. The number of nitrogens with two attached hydrogens (primary N) is 1. The van der Waals surface area contributed by atoms with E-state index in [1.54, 1.807) is 0 Å². The molecule has 0 saturated carbocycles. The fourth-order valence-electron chi connectivity index (χ4n) is 1.03. The zero-order valence-electron chi connectivity index (χ0n) is 8.96. The second-order valence-electron chi connectivity index (χ2n) is 3.22. The maximum absolute atomic E-state index is 12.8. The van der Waals surface area contributed by atoms with Gasteiger partial charge in [-0.15, -0.1) is 0 Å². The first-order valence-corrected chi connectivity index (χ1v) is 5.38. The number of amides is 1. The minimum atomic E-state index is -3.27. The van der Waals surface area contributed by atoms with Crippen molar-refractivity contribution in [2.45, 2.75) is 5.92 Å².